The zero-order valence-corrected chi connectivity index (χ0v) is 22.4. The number of H-pyrrole nitrogens is 1. The summed E-state index contributed by atoms with van der Waals surface area (Å²) in [7, 11) is 0. The maximum Gasteiger partial charge on any atom is 0.338 e. The maximum atomic E-state index is 13.3. The van der Waals surface area contributed by atoms with Crippen LogP contribution in [0.1, 0.15) is 37.3 Å². The number of hydrogen-bond donors (Lipinski definition) is 1. The van der Waals surface area contributed by atoms with Gasteiger partial charge in [-0.05, 0) is 36.4 Å². The van der Waals surface area contributed by atoms with E-state index in [0.717, 1.165) is 0 Å². The first kappa shape index (κ1) is 27.5. The lowest BCUT2D eigenvalue weighted by atomic mass is 10.1. The van der Waals surface area contributed by atoms with Crippen molar-refractivity contribution >= 4 is 28.9 Å². The molecule has 0 spiro atoms. The molecular formula is C31H24N4O8. The monoisotopic (exact) mass is 580 g/mol. The van der Waals surface area contributed by atoms with Crippen molar-refractivity contribution in [2.75, 3.05) is 6.61 Å². The molecule has 1 saturated heterocycles. The lowest BCUT2D eigenvalue weighted by Gasteiger charge is -2.25. The van der Waals surface area contributed by atoms with E-state index in [2.05, 4.69) is 15.2 Å². The van der Waals surface area contributed by atoms with Gasteiger partial charge in [0.25, 0.3) is 5.56 Å². The highest BCUT2D eigenvalue weighted by Crippen LogP contribution is 2.36. The third kappa shape index (κ3) is 5.76. The number of aromatic amines is 1. The minimum Gasteiger partial charge on any atom is -0.459 e. The molecule has 5 aromatic rings. The summed E-state index contributed by atoms with van der Waals surface area (Å²) in [5.74, 6) is -2.03. The van der Waals surface area contributed by atoms with Gasteiger partial charge < -0.3 is 18.9 Å². The molecule has 0 bridgehead atoms. The van der Waals surface area contributed by atoms with Crippen LogP contribution in [0, 0.1) is 0 Å². The predicted octanol–water partition coefficient (Wildman–Crippen LogP) is 3.33. The van der Waals surface area contributed by atoms with E-state index in [1.807, 2.05) is 0 Å². The lowest BCUT2D eigenvalue weighted by molar-refractivity contribution is -0.0604. The van der Waals surface area contributed by atoms with Crippen molar-refractivity contribution in [3.8, 4) is 0 Å². The Labute approximate surface area is 243 Å². The molecule has 12 nitrogen and oxygen atoms in total. The highest BCUT2D eigenvalue weighted by molar-refractivity contribution is 5.91. The van der Waals surface area contributed by atoms with E-state index < -0.39 is 48.0 Å². The number of nitrogens with one attached hydrogen (secondary N) is 1. The van der Waals surface area contributed by atoms with Crippen molar-refractivity contribution in [3.05, 3.63) is 131 Å². The van der Waals surface area contributed by atoms with Crippen LogP contribution in [0.25, 0.3) is 11.0 Å². The van der Waals surface area contributed by atoms with E-state index in [1.54, 1.807) is 91.0 Å². The summed E-state index contributed by atoms with van der Waals surface area (Å²) < 4.78 is 25.2. The number of rotatable bonds is 8. The van der Waals surface area contributed by atoms with E-state index in [1.165, 1.54) is 17.1 Å². The van der Waals surface area contributed by atoms with Crippen molar-refractivity contribution in [2.24, 2.45) is 0 Å². The maximum absolute atomic E-state index is 13.3. The Balaban J connectivity index is 1.37. The second-order valence-corrected chi connectivity index (χ2v) is 9.59. The summed E-state index contributed by atoms with van der Waals surface area (Å²) in [6.07, 6.45) is -2.00. The first-order valence-electron chi connectivity index (χ1n) is 13.3. The van der Waals surface area contributed by atoms with Gasteiger partial charge in [0, 0.05) is 0 Å². The van der Waals surface area contributed by atoms with Gasteiger partial charge in [0.05, 0.1) is 34.7 Å². The number of aromatic nitrogens is 4. The standard InChI is InChI=1S/C31H24N4O8/c36-27-24-22(16-33-34-27)35(18-32-24)28-26(43-31(39)21-14-8-3-9-15-21)25(42-30(38)20-12-6-2-7-13-20)23(41-28)17-40-29(37)19-10-4-1-5-11-19/h1-16,18,23,25-26,28H,17H2,(H,34,36)/t23-,25-,26-,28?/m1/s1. The summed E-state index contributed by atoms with van der Waals surface area (Å²) in [5.41, 5.74) is 0.637. The van der Waals surface area contributed by atoms with Crippen molar-refractivity contribution in [3.63, 3.8) is 0 Å². The molecule has 0 amide bonds. The van der Waals surface area contributed by atoms with E-state index in [-0.39, 0.29) is 28.8 Å². The zero-order chi connectivity index (χ0) is 29.8. The number of fused-ring (bicyclic) bond motifs is 1. The topological polar surface area (TPSA) is 152 Å². The summed E-state index contributed by atoms with van der Waals surface area (Å²) in [4.78, 5) is 55.9. The summed E-state index contributed by atoms with van der Waals surface area (Å²) in [6, 6.07) is 24.9. The molecular weight excluding hydrogens is 556 g/mol. The van der Waals surface area contributed by atoms with Crippen LogP contribution in [-0.2, 0) is 18.9 Å². The van der Waals surface area contributed by atoms with Crippen LogP contribution in [0.15, 0.2) is 108 Å². The second kappa shape index (κ2) is 12.1. The van der Waals surface area contributed by atoms with Crippen LogP contribution in [0.4, 0.5) is 0 Å². The molecule has 43 heavy (non-hydrogen) atoms. The van der Waals surface area contributed by atoms with Gasteiger partial charge in [-0.1, -0.05) is 54.6 Å². The van der Waals surface area contributed by atoms with Gasteiger partial charge in [0.15, 0.2) is 24.0 Å². The van der Waals surface area contributed by atoms with Crippen LogP contribution in [-0.4, -0.2) is 62.6 Å². The molecule has 0 aliphatic carbocycles. The molecule has 4 atom stereocenters. The molecule has 0 saturated carbocycles. The number of nitrogens with zero attached hydrogens (tertiary/aromatic N) is 3. The Morgan fingerprint density at radius 1 is 0.767 bits per heavy atom. The number of carbonyl (C=O) groups is 3. The van der Waals surface area contributed by atoms with Crippen LogP contribution >= 0.6 is 0 Å². The molecule has 12 heteroatoms. The lowest BCUT2D eigenvalue weighted by Crippen LogP contribution is -2.41. The molecule has 2 aromatic heterocycles. The third-order valence-corrected chi connectivity index (χ3v) is 6.85. The Kier molecular flexibility index (Phi) is 7.74. The van der Waals surface area contributed by atoms with Crippen LogP contribution in [0.2, 0.25) is 0 Å². The minimum atomic E-state index is -1.25. The molecule has 1 unspecified atom stereocenters. The zero-order valence-electron chi connectivity index (χ0n) is 22.4. The fourth-order valence-electron chi connectivity index (χ4n) is 4.76. The number of esters is 3. The average Bonchev–Trinajstić information content (AvgIpc) is 3.63. The molecule has 3 heterocycles. The van der Waals surface area contributed by atoms with Crippen LogP contribution in [0.5, 0.6) is 0 Å². The van der Waals surface area contributed by atoms with Gasteiger partial charge in [0.1, 0.15) is 12.7 Å². The van der Waals surface area contributed by atoms with Crippen molar-refractivity contribution in [1.29, 1.82) is 0 Å². The van der Waals surface area contributed by atoms with Crippen LogP contribution < -0.4 is 5.56 Å². The summed E-state index contributed by atoms with van der Waals surface area (Å²) in [5, 5.41) is 6.17. The molecule has 3 aromatic carbocycles. The average molecular weight is 581 g/mol. The highest BCUT2D eigenvalue weighted by atomic mass is 16.7. The van der Waals surface area contributed by atoms with Gasteiger partial charge in [-0.2, -0.15) is 5.10 Å². The normalized spacial score (nSPS) is 19.5. The second-order valence-electron chi connectivity index (χ2n) is 9.59. The van der Waals surface area contributed by atoms with Gasteiger partial charge in [-0.15, -0.1) is 0 Å². The number of ether oxygens (including phenoxy) is 4. The van der Waals surface area contributed by atoms with E-state index >= 15 is 0 Å². The Bertz CT molecular complexity index is 1810. The molecule has 216 valence electrons. The van der Waals surface area contributed by atoms with Gasteiger partial charge in [0.2, 0.25) is 0 Å². The SMILES string of the molecule is O=C(OC[C@H]1OC(n2cnc3c(=O)[nH]ncc32)[C@H](OC(=O)c2ccccc2)[C@@H]1OC(=O)c1ccccc1)c1ccccc1. The summed E-state index contributed by atoms with van der Waals surface area (Å²) in [6.45, 7) is -0.345. The van der Waals surface area contributed by atoms with E-state index in [0.29, 0.717) is 5.56 Å². The largest absolute Gasteiger partial charge is 0.459 e. The predicted molar refractivity (Wildman–Crippen MR) is 150 cm³/mol. The Morgan fingerprint density at radius 3 is 1.88 bits per heavy atom. The number of hydrogen-bond acceptors (Lipinski definition) is 10. The van der Waals surface area contributed by atoms with Gasteiger partial charge in [-0.25, -0.2) is 24.5 Å². The van der Waals surface area contributed by atoms with Crippen LogP contribution in [0.3, 0.4) is 0 Å². The van der Waals surface area contributed by atoms with Gasteiger partial charge in [-0.3, -0.25) is 9.36 Å². The Morgan fingerprint density at radius 2 is 1.30 bits per heavy atom. The molecule has 0 radical (unpaired) electrons. The minimum absolute atomic E-state index is 0.0727. The summed E-state index contributed by atoms with van der Waals surface area (Å²) >= 11 is 0. The van der Waals surface area contributed by atoms with E-state index in [9.17, 15) is 19.2 Å². The van der Waals surface area contributed by atoms with Crippen molar-refractivity contribution < 1.29 is 33.3 Å². The number of benzene rings is 3. The van der Waals surface area contributed by atoms with E-state index in [4.69, 9.17) is 18.9 Å². The first-order valence-corrected chi connectivity index (χ1v) is 13.3. The molecule has 1 N–H and O–H groups in total. The molecule has 6 rings (SSSR count). The molecule has 1 aliphatic heterocycles. The smallest absolute Gasteiger partial charge is 0.338 e. The van der Waals surface area contributed by atoms with Crippen molar-refractivity contribution in [2.45, 2.75) is 24.5 Å². The number of carbonyl (C=O) groups excluding carboxylic acids is 3. The third-order valence-electron chi connectivity index (χ3n) is 6.85. The van der Waals surface area contributed by atoms with Gasteiger partial charge >= 0.3 is 17.9 Å². The Hall–Kier alpha value is -5.62. The fourth-order valence-corrected chi connectivity index (χ4v) is 4.76. The molecule has 1 aliphatic rings. The van der Waals surface area contributed by atoms with Crippen molar-refractivity contribution in [1.82, 2.24) is 19.7 Å². The number of imidazole rings is 1. The molecule has 1 fully saturated rings. The highest BCUT2D eigenvalue weighted by Gasteiger charge is 2.51. The first-order chi connectivity index (χ1) is 21.0. The fraction of sp³-hybridized carbons (Fsp3) is 0.161. The quantitative estimate of drug-likeness (QED) is 0.214.